The Labute approximate surface area is 244 Å². The summed E-state index contributed by atoms with van der Waals surface area (Å²) in [5.74, 6) is 1.20. The zero-order valence-corrected chi connectivity index (χ0v) is 23.9. The van der Waals surface area contributed by atoms with Crippen LogP contribution in [0.2, 0.25) is 5.02 Å². The molecule has 4 fully saturated rings. The van der Waals surface area contributed by atoms with E-state index in [1.165, 1.54) is 18.4 Å². The van der Waals surface area contributed by atoms with Crippen molar-refractivity contribution in [2.45, 2.75) is 68.9 Å². The maximum Gasteiger partial charge on any atom is 0.318 e. The van der Waals surface area contributed by atoms with Crippen molar-refractivity contribution in [3.8, 4) is 11.8 Å². The van der Waals surface area contributed by atoms with Crippen LogP contribution in [-0.2, 0) is 13.0 Å². The standard InChI is InChI=1S/C31H36ClFN6O2/c32-25-4-1-3-19-11-23(40)12-27(28(19)25)37-10-7-24-26(17-37)35-30(36-29(24)38-15-21-5-6-22(16-38)34-21)41-18-31-8-2-9-39(31)14-20(33)13-31/h1,3-4,11-12,20-22,34,40H,2,5-10,13-18H2/t20-,21-,22+,31+/m1/s1. The number of phenols is 1. The number of ether oxygens (including phenoxy) is 1. The van der Waals surface area contributed by atoms with Crippen LogP contribution < -0.4 is 19.9 Å². The molecule has 4 atom stereocenters. The van der Waals surface area contributed by atoms with Gasteiger partial charge in [0.15, 0.2) is 0 Å². The minimum absolute atomic E-state index is 0.215. The van der Waals surface area contributed by atoms with Crippen LogP contribution in [0.25, 0.3) is 10.8 Å². The van der Waals surface area contributed by atoms with Gasteiger partial charge in [0, 0.05) is 61.7 Å². The average molecular weight is 579 g/mol. The first kappa shape index (κ1) is 25.8. The van der Waals surface area contributed by atoms with Gasteiger partial charge in [0.05, 0.1) is 28.5 Å². The maximum absolute atomic E-state index is 14.4. The number of alkyl halides is 1. The second-order valence-electron chi connectivity index (χ2n) is 12.6. The van der Waals surface area contributed by atoms with E-state index in [1.54, 1.807) is 12.1 Å². The molecule has 0 radical (unpaired) electrons. The molecular weight excluding hydrogens is 543 g/mol. The Hall–Kier alpha value is -2.88. The second kappa shape index (κ2) is 9.85. The average Bonchev–Trinajstić information content (AvgIpc) is 3.61. The summed E-state index contributed by atoms with van der Waals surface area (Å²) in [5, 5.41) is 16.8. The molecule has 0 amide bonds. The van der Waals surface area contributed by atoms with E-state index >= 15 is 0 Å². The Morgan fingerprint density at radius 3 is 2.80 bits per heavy atom. The van der Waals surface area contributed by atoms with Crippen LogP contribution in [0.15, 0.2) is 30.3 Å². The van der Waals surface area contributed by atoms with E-state index < -0.39 is 6.17 Å². The van der Waals surface area contributed by atoms with Crippen LogP contribution in [0.3, 0.4) is 0 Å². The van der Waals surface area contributed by atoms with E-state index in [9.17, 15) is 9.50 Å². The molecule has 0 unspecified atom stereocenters. The van der Waals surface area contributed by atoms with Crippen LogP contribution >= 0.6 is 11.6 Å². The highest BCUT2D eigenvalue weighted by Gasteiger charge is 2.49. The third kappa shape index (κ3) is 4.48. The first-order valence-corrected chi connectivity index (χ1v) is 15.4. The lowest BCUT2D eigenvalue weighted by Crippen LogP contribution is -2.52. The van der Waals surface area contributed by atoms with Crippen molar-refractivity contribution in [2.24, 2.45) is 0 Å². The molecule has 0 aliphatic carbocycles. The molecule has 41 heavy (non-hydrogen) atoms. The monoisotopic (exact) mass is 578 g/mol. The first-order valence-electron chi connectivity index (χ1n) is 15.0. The third-order valence-electron chi connectivity index (χ3n) is 10.0. The van der Waals surface area contributed by atoms with E-state index in [2.05, 4.69) is 20.0 Å². The van der Waals surface area contributed by atoms with Gasteiger partial charge in [-0.05, 0) is 56.2 Å². The number of anilines is 2. The van der Waals surface area contributed by atoms with Gasteiger partial charge in [0.1, 0.15) is 24.3 Å². The molecule has 2 N–H and O–H groups in total. The fourth-order valence-electron chi connectivity index (χ4n) is 8.13. The largest absolute Gasteiger partial charge is 0.508 e. The van der Waals surface area contributed by atoms with Crippen LogP contribution in [0.4, 0.5) is 15.9 Å². The van der Waals surface area contributed by atoms with Crippen LogP contribution in [0.5, 0.6) is 11.8 Å². The molecule has 5 aliphatic heterocycles. The summed E-state index contributed by atoms with van der Waals surface area (Å²) in [6, 6.07) is 10.7. The van der Waals surface area contributed by atoms with Gasteiger partial charge in [-0.3, -0.25) is 4.90 Å². The molecule has 1 aromatic heterocycles. The fraction of sp³-hybridized carbons (Fsp3) is 0.548. The molecule has 3 aromatic rings. The van der Waals surface area contributed by atoms with Crippen molar-refractivity contribution >= 4 is 33.9 Å². The number of benzene rings is 2. The van der Waals surface area contributed by atoms with Crippen molar-refractivity contribution in [3.05, 3.63) is 46.6 Å². The van der Waals surface area contributed by atoms with E-state index in [1.807, 2.05) is 18.2 Å². The molecule has 0 spiro atoms. The number of nitrogens with one attached hydrogen (secondary N) is 1. The third-order valence-corrected chi connectivity index (χ3v) is 10.3. The summed E-state index contributed by atoms with van der Waals surface area (Å²) < 4.78 is 20.8. The first-order chi connectivity index (χ1) is 19.9. The molecule has 4 saturated heterocycles. The number of phenolic OH excluding ortho intramolecular Hbond substituents is 1. The summed E-state index contributed by atoms with van der Waals surface area (Å²) in [4.78, 5) is 17.0. The van der Waals surface area contributed by atoms with Gasteiger partial charge in [-0.2, -0.15) is 9.97 Å². The minimum Gasteiger partial charge on any atom is -0.508 e. The van der Waals surface area contributed by atoms with Crippen LogP contribution in [0.1, 0.15) is 43.4 Å². The Kier molecular flexibility index (Phi) is 6.20. The number of hydrogen-bond donors (Lipinski definition) is 2. The zero-order valence-electron chi connectivity index (χ0n) is 23.2. The van der Waals surface area contributed by atoms with Crippen molar-refractivity contribution in [1.82, 2.24) is 20.2 Å². The summed E-state index contributed by atoms with van der Waals surface area (Å²) in [6.07, 6.45) is 4.92. The van der Waals surface area contributed by atoms with Gasteiger partial charge in [0.25, 0.3) is 0 Å². The lowest BCUT2D eigenvalue weighted by molar-refractivity contribution is 0.107. The van der Waals surface area contributed by atoms with Crippen molar-refractivity contribution in [2.75, 3.05) is 49.1 Å². The van der Waals surface area contributed by atoms with E-state index in [-0.39, 0.29) is 11.3 Å². The molecule has 216 valence electrons. The summed E-state index contributed by atoms with van der Waals surface area (Å²) in [7, 11) is 0. The number of nitrogens with zero attached hydrogens (tertiary/aromatic N) is 5. The topological polar surface area (TPSA) is 77.0 Å². The molecule has 2 aromatic carbocycles. The molecular formula is C31H36ClFN6O2. The number of aromatic hydroxyl groups is 1. The highest BCUT2D eigenvalue weighted by Crippen LogP contribution is 2.42. The molecule has 5 aliphatic rings. The molecule has 6 heterocycles. The minimum atomic E-state index is -0.798. The summed E-state index contributed by atoms with van der Waals surface area (Å²) in [6.45, 7) is 5.02. The van der Waals surface area contributed by atoms with Gasteiger partial charge in [-0.1, -0.05) is 23.7 Å². The van der Waals surface area contributed by atoms with Crippen LogP contribution in [-0.4, -0.2) is 83.1 Å². The predicted octanol–water partition coefficient (Wildman–Crippen LogP) is 4.45. The lowest BCUT2D eigenvalue weighted by Gasteiger charge is -2.38. The van der Waals surface area contributed by atoms with Gasteiger partial charge in [-0.15, -0.1) is 0 Å². The number of rotatable bonds is 5. The fourth-order valence-corrected chi connectivity index (χ4v) is 8.41. The smallest absolute Gasteiger partial charge is 0.318 e. The number of halogens is 2. The Morgan fingerprint density at radius 1 is 1.10 bits per heavy atom. The number of piperazine rings is 1. The number of fused-ring (bicyclic) bond motifs is 5. The van der Waals surface area contributed by atoms with Gasteiger partial charge < -0.3 is 25.0 Å². The van der Waals surface area contributed by atoms with Gasteiger partial charge in [0.2, 0.25) is 0 Å². The van der Waals surface area contributed by atoms with Crippen molar-refractivity contribution in [1.29, 1.82) is 0 Å². The Morgan fingerprint density at radius 2 is 1.95 bits per heavy atom. The molecule has 8 nitrogen and oxygen atoms in total. The van der Waals surface area contributed by atoms with Crippen molar-refractivity contribution < 1.29 is 14.2 Å². The zero-order chi connectivity index (χ0) is 27.7. The molecule has 10 heteroatoms. The lowest BCUT2D eigenvalue weighted by atomic mass is 9.95. The number of aromatic nitrogens is 2. The van der Waals surface area contributed by atoms with Crippen molar-refractivity contribution in [3.63, 3.8) is 0 Å². The Bertz CT molecular complexity index is 1500. The Balaban J connectivity index is 1.15. The SMILES string of the molecule is Oc1cc(N2CCc3c(nc(OC[C@@]45CCCN4C[C@H](F)C5)nc3N3C[C@H]4CC[C@@H](C3)N4)C2)c2c(Cl)cccc2c1. The molecule has 2 bridgehead atoms. The van der Waals surface area contributed by atoms with Gasteiger partial charge >= 0.3 is 6.01 Å². The molecule has 8 rings (SSSR count). The second-order valence-corrected chi connectivity index (χ2v) is 13.0. The van der Waals surface area contributed by atoms with Gasteiger partial charge in [-0.25, -0.2) is 4.39 Å². The maximum atomic E-state index is 14.4. The number of hydrogen-bond acceptors (Lipinski definition) is 8. The quantitative estimate of drug-likeness (QED) is 0.460. The van der Waals surface area contributed by atoms with E-state index in [0.717, 1.165) is 73.4 Å². The summed E-state index contributed by atoms with van der Waals surface area (Å²) in [5.41, 5.74) is 2.77. The summed E-state index contributed by atoms with van der Waals surface area (Å²) >= 11 is 6.68. The highest BCUT2D eigenvalue weighted by atomic mass is 35.5. The van der Waals surface area contributed by atoms with E-state index in [4.69, 9.17) is 26.3 Å². The van der Waals surface area contributed by atoms with E-state index in [0.29, 0.717) is 49.2 Å². The van der Waals surface area contributed by atoms with Crippen LogP contribution in [0, 0.1) is 0 Å². The highest BCUT2D eigenvalue weighted by molar-refractivity contribution is 6.36. The normalized spacial score (nSPS) is 29.3. The predicted molar refractivity (Wildman–Crippen MR) is 158 cm³/mol. The molecule has 0 saturated carbocycles.